The van der Waals surface area contributed by atoms with Crippen molar-refractivity contribution in [2.75, 3.05) is 0 Å². The SMILES string of the molecule is Fc1cc(-c2nnc(C(F)F)o2)cnc1COc1ccc2ccncc2c1. The van der Waals surface area contributed by atoms with Crippen LogP contribution in [-0.2, 0) is 6.61 Å². The average molecular weight is 372 g/mol. The van der Waals surface area contributed by atoms with Crippen LogP contribution in [0.5, 0.6) is 5.75 Å². The molecule has 0 saturated heterocycles. The van der Waals surface area contributed by atoms with E-state index in [0.717, 1.165) is 16.8 Å². The minimum absolute atomic E-state index is 0.0543. The van der Waals surface area contributed by atoms with Gasteiger partial charge in [-0.05, 0) is 29.7 Å². The highest BCUT2D eigenvalue weighted by Gasteiger charge is 2.18. The molecule has 0 amide bonds. The first kappa shape index (κ1) is 17.0. The summed E-state index contributed by atoms with van der Waals surface area (Å²) in [5, 5.41) is 8.56. The third-order valence-corrected chi connectivity index (χ3v) is 3.78. The van der Waals surface area contributed by atoms with Crippen molar-refractivity contribution in [3.05, 3.63) is 66.3 Å². The fraction of sp³-hybridized carbons (Fsp3) is 0.111. The van der Waals surface area contributed by atoms with E-state index < -0.39 is 18.1 Å². The second kappa shape index (κ2) is 7.02. The van der Waals surface area contributed by atoms with Gasteiger partial charge in [-0.2, -0.15) is 8.78 Å². The molecule has 0 saturated carbocycles. The number of aromatic nitrogens is 4. The molecule has 3 heterocycles. The second-order valence-electron chi connectivity index (χ2n) is 5.57. The maximum Gasteiger partial charge on any atom is 0.314 e. The summed E-state index contributed by atoms with van der Waals surface area (Å²) < 4.78 is 49.6. The van der Waals surface area contributed by atoms with Crippen molar-refractivity contribution >= 4 is 10.8 Å². The van der Waals surface area contributed by atoms with Gasteiger partial charge in [-0.15, -0.1) is 10.2 Å². The van der Waals surface area contributed by atoms with Crippen LogP contribution in [0.3, 0.4) is 0 Å². The number of hydrogen-bond acceptors (Lipinski definition) is 6. The standard InChI is InChI=1S/C18H11F3N4O2/c19-14-6-12(17-24-25-18(27-17)16(20)21)8-23-15(14)9-26-13-2-1-10-3-4-22-7-11(10)5-13/h1-8,16H,9H2. The van der Waals surface area contributed by atoms with Crippen molar-refractivity contribution in [2.24, 2.45) is 0 Å². The number of ether oxygens (including phenoxy) is 1. The first-order valence-electron chi connectivity index (χ1n) is 7.83. The molecule has 0 aliphatic rings. The van der Waals surface area contributed by atoms with Crippen LogP contribution in [0.1, 0.15) is 18.0 Å². The van der Waals surface area contributed by atoms with Gasteiger partial charge in [0.05, 0.1) is 5.56 Å². The number of fused-ring (bicyclic) bond motifs is 1. The maximum absolute atomic E-state index is 14.3. The first-order valence-corrected chi connectivity index (χ1v) is 7.83. The first-order chi connectivity index (χ1) is 13.1. The van der Waals surface area contributed by atoms with Crippen LogP contribution in [0.15, 0.2) is 53.3 Å². The molecule has 1 aromatic carbocycles. The van der Waals surface area contributed by atoms with Crippen molar-refractivity contribution in [3.63, 3.8) is 0 Å². The molecule has 6 nitrogen and oxygen atoms in total. The molecule has 0 bridgehead atoms. The molecule has 136 valence electrons. The maximum atomic E-state index is 14.3. The summed E-state index contributed by atoms with van der Waals surface area (Å²) in [6.45, 7) is -0.107. The number of rotatable bonds is 5. The summed E-state index contributed by atoms with van der Waals surface area (Å²) in [6, 6.07) is 8.38. The van der Waals surface area contributed by atoms with Gasteiger partial charge < -0.3 is 9.15 Å². The quantitative estimate of drug-likeness (QED) is 0.519. The van der Waals surface area contributed by atoms with E-state index >= 15 is 0 Å². The molecule has 9 heteroatoms. The van der Waals surface area contributed by atoms with E-state index in [1.54, 1.807) is 24.5 Å². The number of alkyl halides is 2. The smallest absolute Gasteiger partial charge is 0.314 e. The van der Waals surface area contributed by atoms with Crippen molar-refractivity contribution in [1.82, 2.24) is 20.2 Å². The zero-order valence-electron chi connectivity index (χ0n) is 13.6. The van der Waals surface area contributed by atoms with Crippen LogP contribution in [0.4, 0.5) is 13.2 Å². The van der Waals surface area contributed by atoms with Crippen LogP contribution >= 0.6 is 0 Å². The number of halogens is 3. The third-order valence-electron chi connectivity index (χ3n) is 3.78. The van der Waals surface area contributed by atoms with Gasteiger partial charge in [0.2, 0.25) is 5.89 Å². The van der Waals surface area contributed by atoms with Crippen molar-refractivity contribution < 1.29 is 22.3 Å². The van der Waals surface area contributed by atoms with Gasteiger partial charge in [0.15, 0.2) is 0 Å². The zero-order chi connectivity index (χ0) is 18.8. The van der Waals surface area contributed by atoms with E-state index in [-0.39, 0.29) is 23.8 Å². The molecule has 4 rings (SSSR count). The lowest BCUT2D eigenvalue weighted by atomic mass is 10.2. The Morgan fingerprint density at radius 2 is 1.93 bits per heavy atom. The summed E-state index contributed by atoms with van der Waals surface area (Å²) in [4.78, 5) is 8.00. The fourth-order valence-electron chi connectivity index (χ4n) is 2.43. The lowest BCUT2D eigenvalue weighted by Gasteiger charge is -2.08. The Bertz CT molecular complexity index is 1100. The van der Waals surface area contributed by atoms with Crippen LogP contribution < -0.4 is 4.74 Å². The van der Waals surface area contributed by atoms with E-state index in [2.05, 4.69) is 20.2 Å². The minimum Gasteiger partial charge on any atom is -0.487 e. The Kier molecular flexibility index (Phi) is 4.41. The minimum atomic E-state index is -2.89. The normalized spacial score (nSPS) is 11.3. The number of benzene rings is 1. The van der Waals surface area contributed by atoms with Gasteiger partial charge in [-0.3, -0.25) is 9.97 Å². The molecule has 3 aromatic heterocycles. The molecular weight excluding hydrogens is 361 g/mol. The van der Waals surface area contributed by atoms with Crippen molar-refractivity contribution in [2.45, 2.75) is 13.0 Å². The van der Waals surface area contributed by atoms with E-state index in [9.17, 15) is 13.2 Å². The lowest BCUT2D eigenvalue weighted by Crippen LogP contribution is -2.02. The highest BCUT2D eigenvalue weighted by atomic mass is 19.3. The van der Waals surface area contributed by atoms with Gasteiger partial charge in [-0.25, -0.2) is 4.39 Å². The monoisotopic (exact) mass is 372 g/mol. The van der Waals surface area contributed by atoms with Gasteiger partial charge in [0.25, 0.3) is 5.89 Å². The molecule has 0 aliphatic heterocycles. The number of hydrogen-bond donors (Lipinski definition) is 0. The van der Waals surface area contributed by atoms with E-state index in [0.29, 0.717) is 5.75 Å². The van der Waals surface area contributed by atoms with Crippen LogP contribution in [-0.4, -0.2) is 20.2 Å². The molecular formula is C18H11F3N4O2. The van der Waals surface area contributed by atoms with Gasteiger partial charge >= 0.3 is 6.43 Å². The molecule has 0 atom stereocenters. The van der Waals surface area contributed by atoms with Crippen LogP contribution in [0.2, 0.25) is 0 Å². The molecule has 0 fully saturated rings. The van der Waals surface area contributed by atoms with E-state index in [1.807, 2.05) is 12.1 Å². The van der Waals surface area contributed by atoms with Gasteiger partial charge in [-0.1, -0.05) is 6.07 Å². The van der Waals surface area contributed by atoms with Crippen LogP contribution in [0.25, 0.3) is 22.2 Å². The van der Waals surface area contributed by atoms with Crippen molar-refractivity contribution in [1.29, 1.82) is 0 Å². The molecule has 0 aliphatic carbocycles. The molecule has 27 heavy (non-hydrogen) atoms. The summed E-state index contributed by atoms with van der Waals surface area (Å²) in [7, 11) is 0. The fourth-order valence-corrected chi connectivity index (χ4v) is 2.43. The molecule has 0 N–H and O–H groups in total. The number of pyridine rings is 2. The van der Waals surface area contributed by atoms with Gasteiger partial charge in [0.1, 0.15) is 23.9 Å². The van der Waals surface area contributed by atoms with Crippen molar-refractivity contribution in [3.8, 4) is 17.2 Å². The Morgan fingerprint density at radius 3 is 2.70 bits per heavy atom. The largest absolute Gasteiger partial charge is 0.487 e. The molecule has 0 unspecified atom stereocenters. The Hall–Kier alpha value is -3.49. The Morgan fingerprint density at radius 1 is 1.04 bits per heavy atom. The van der Waals surface area contributed by atoms with Crippen LogP contribution in [0, 0.1) is 5.82 Å². The Labute approximate surface area is 150 Å². The highest BCUT2D eigenvalue weighted by molar-refractivity contribution is 5.82. The molecule has 0 spiro atoms. The van der Waals surface area contributed by atoms with E-state index in [1.165, 1.54) is 6.20 Å². The zero-order valence-corrected chi connectivity index (χ0v) is 13.6. The number of nitrogens with zero attached hydrogens (tertiary/aromatic N) is 4. The topological polar surface area (TPSA) is 73.9 Å². The second-order valence-corrected chi connectivity index (χ2v) is 5.57. The summed E-state index contributed by atoms with van der Waals surface area (Å²) in [6.07, 6.45) is 1.76. The molecule has 0 radical (unpaired) electrons. The highest BCUT2D eigenvalue weighted by Crippen LogP contribution is 2.25. The predicted octanol–water partition coefficient (Wildman–Crippen LogP) is 4.34. The average Bonchev–Trinajstić information content (AvgIpc) is 3.17. The summed E-state index contributed by atoms with van der Waals surface area (Å²) in [5.74, 6) is -1.19. The lowest BCUT2D eigenvalue weighted by molar-refractivity contribution is 0.116. The Balaban J connectivity index is 1.50. The van der Waals surface area contributed by atoms with Gasteiger partial charge in [0, 0.05) is 24.0 Å². The third kappa shape index (κ3) is 3.57. The summed E-state index contributed by atoms with van der Waals surface area (Å²) in [5.41, 5.74) is 0.158. The summed E-state index contributed by atoms with van der Waals surface area (Å²) >= 11 is 0. The predicted molar refractivity (Wildman–Crippen MR) is 88.5 cm³/mol. The van der Waals surface area contributed by atoms with E-state index in [4.69, 9.17) is 9.15 Å². The molecule has 4 aromatic rings.